The number of nitrogens with one attached hydrogen (secondary N) is 1. The van der Waals surface area contributed by atoms with Gasteiger partial charge >= 0.3 is 0 Å². The number of carbonyl (C=O) groups excluding carboxylic acids is 1. The highest BCUT2D eigenvalue weighted by atomic mass is 16.5. The van der Waals surface area contributed by atoms with Gasteiger partial charge in [-0.2, -0.15) is 4.98 Å². The summed E-state index contributed by atoms with van der Waals surface area (Å²) >= 11 is 0. The van der Waals surface area contributed by atoms with Gasteiger partial charge in [0.05, 0.1) is 0 Å². The van der Waals surface area contributed by atoms with E-state index in [1.165, 1.54) is 5.56 Å². The third-order valence-electron chi connectivity index (χ3n) is 4.68. The maximum atomic E-state index is 12.1. The predicted molar refractivity (Wildman–Crippen MR) is 96.1 cm³/mol. The molecule has 3 aromatic rings. The Kier molecular flexibility index (Phi) is 4.73. The number of aromatic nitrogens is 3. The molecule has 0 unspecified atom stereocenters. The van der Waals surface area contributed by atoms with Crippen LogP contribution in [0.4, 0.5) is 0 Å². The first-order valence-electron chi connectivity index (χ1n) is 8.84. The number of carbonyl (C=O) groups is 1. The summed E-state index contributed by atoms with van der Waals surface area (Å²) in [6.07, 6.45) is 5.29. The lowest BCUT2D eigenvalue weighted by atomic mass is 10.1. The van der Waals surface area contributed by atoms with E-state index in [1.807, 2.05) is 18.2 Å². The highest BCUT2D eigenvalue weighted by Gasteiger charge is 2.37. The largest absolute Gasteiger partial charge is 0.356 e. The molecule has 0 saturated heterocycles. The van der Waals surface area contributed by atoms with Crippen molar-refractivity contribution < 1.29 is 9.32 Å². The Balaban J connectivity index is 1.21. The predicted octanol–water partition coefficient (Wildman–Crippen LogP) is 2.98. The van der Waals surface area contributed by atoms with Gasteiger partial charge in [-0.1, -0.05) is 35.5 Å². The Labute approximate surface area is 151 Å². The van der Waals surface area contributed by atoms with Gasteiger partial charge in [0.15, 0.2) is 0 Å². The lowest BCUT2D eigenvalue weighted by molar-refractivity contribution is -0.121. The van der Waals surface area contributed by atoms with Crippen molar-refractivity contribution in [2.75, 3.05) is 6.54 Å². The van der Waals surface area contributed by atoms with Crippen LogP contribution in [0.15, 0.2) is 59.4 Å². The van der Waals surface area contributed by atoms with Gasteiger partial charge in [-0.25, -0.2) is 0 Å². The van der Waals surface area contributed by atoms with Crippen molar-refractivity contribution in [3.63, 3.8) is 0 Å². The molecule has 1 aliphatic rings. The number of benzene rings is 1. The second-order valence-electron chi connectivity index (χ2n) is 6.56. The molecule has 2 atom stereocenters. The summed E-state index contributed by atoms with van der Waals surface area (Å²) in [5, 5.41) is 6.96. The topological polar surface area (TPSA) is 80.9 Å². The van der Waals surface area contributed by atoms with Crippen molar-refractivity contribution in [2.45, 2.75) is 25.2 Å². The second kappa shape index (κ2) is 7.47. The molecule has 6 heteroatoms. The molecule has 0 bridgehead atoms. The van der Waals surface area contributed by atoms with Gasteiger partial charge in [0.25, 0.3) is 0 Å². The summed E-state index contributed by atoms with van der Waals surface area (Å²) in [6.45, 7) is 0.727. The second-order valence-corrected chi connectivity index (χ2v) is 6.56. The van der Waals surface area contributed by atoms with Crippen molar-refractivity contribution in [1.82, 2.24) is 20.4 Å². The van der Waals surface area contributed by atoms with Gasteiger partial charge in [-0.3, -0.25) is 9.78 Å². The number of hydrogen-bond donors (Lipinski definition) is 1. The summed E-state index contributed by atoms with van der Waals surface area (Å²) in [7, 11) is 0. The van der Waals surface area contributed by atoms with Crippen molar-refractivity contribution in [2.24, 2.45) is 5.92 Å². The van der Waals surface area contributed by atoms with Crippen molar-refractivity contribution in [3.05, 3.63) is 66.3 Å². The zero-order valence-corrected chi connectivity index (χ0v) is 14.3. The Morgan fingerprint density at radius 1 is 1.15 bits per heavy atom. The summed E-state index contributed by atoms with van der Waals surface area (Å²) in [4.78, 5) is 20.3. The Bertz CT molecular complexity index is 864. The van der Waals surface area contributed by atoms with Crippen LogP contribution in [0.25, 0.3) is 11.4 Å². The molecule has 0 radical (unpaired) electrons. The third-order valence-corrected chi connectivity index (χ3v) is 4.68. The highest BCUT2D eigenvalue weighted by molar-refractivity contribution is 5.76. The molecule has 1 aromatic carbocycles. The van der Waals surface area contributed by atoms with Crippen LogP contribution in [0.3, 0.4) is 0 Å². The summed E-state index contributed by atoms with van der Waals surface area (Å²) in [5.74, 6) is 2.14. The van der Waals surface area contributed by atoms with Crippen LogP contribution in [0.5, 0.6) is 0 Å². The number of hydrogen-bond acceptors (Lipinski definition) is 5. The maximum absolute atomic E-state index is 12.1. The normalized spacial score (nSPS) is 18.5. The molecule has 0 spiro atoms. The van der Waals surface area contributed by atoms with Gasteiger partial charge in [0.2, 0.25) is 17.6 Å². The molecule has 1 aliphatic carbocycles. The first-order chi connectivity index (χ1) is 12.8. The first kappa shape index (κ1) is 16.4. The lowest BCUT2D eigenvalue weighted by Gasteiger charge is -2.04. The number of nitrogens with zero attached hydrogens (tertiary/aromatic N) is 3. The van der Waals surface area contributed by atoms with Gasteiger partial charge in [0, 0.05) is 37.3 Å². The standard InChI is InChI=1S/C20H20N4O2/c25-18(22-13-16-12-17(16)14-4-2-1-3-5-14)6-7-19-23-20(24-26-19)15-8-10-21-11-9-15/h1-5,8-11,16-17H,6-7,12-13H2,(H,22,25)/t16-,17+/m1/s1. The fraction of sp³-hybridized carbons (Fsp3) is 0.300. The van der Waals surface area contributed by atoms with Crippen LogP contribution in [0.2, 0.25) is 0 Å². The molecular weight excluding hydrogens is 328 g/mol. The average Bonchev–Trinajstić information content (AvgIpc) is 3.33. The van der Waals surface area contributed by atoms with Crippen LogP contribution in [-0.4, -0.2) is 27.6 Å². The Morgan fingerprint density at radius 3 is 2.77 bits per heavy atom. The van der Waals surface area contributed by atoms with Crippen molar-refractivity contribution >= 4 is 5.91 Å². The minimum atomic E-state index is 0.0207. The molecule has 6 nitrogen and oxygen atoms in total. The van der Waals surface area contributed by atoms with Gasteiger partial charge in [-0.05, 0) is 36.0 Å². The first-order valence-corrected chi connectivity index (χ1v) is 8.84. The van der Waals surface area contributed by atoms with E-state index in [0.29, 0.717) is 36.4 Å². The lowest BCUT2D eigenvalue weighted by Crippen LogP contribution is -2.26. The number of aryl methyl sites for hydroxylation is 1. The zero-order valence-electron chi connectivity index (χ0n) is 14.3. The molecular formula is C20H20N4O2. The number of rotatable bonds is 7. The minimum Gasteiger partial charge on any atom is -0.356 e. The Hall–Kier alpha value is -3.02. The van der Waals surface area contributed by atoms with E-state index in [1.54, 1.807) is 12.4 Å². The van der Waals surface area contributed by atoms with E-state index in [9.17, 15) is 4.79 Å². The van der Waals surface area contributed by atoms with Crippen LogP contribution in [0, 0.1) is 5.92 Å². The van der Waals surface area contributed by atoms with Gasteiger partial charge in [0.1, 0.15) is 0 Å². The van der Waals surface area contributed by atoms with E-state index in [4.69, 9.17) is 4.52 Å². The van der Waals surface area contributed by atoms with E-state index in [2.05, 4.69) is 44.7 Å². The Morgan fingerprint density at radius 2 is 1.96 bits per heavy atom. The SMILES string of the molecule is O=C(CCc1nc(-c2ccncc2)no1)NC[C@H]1C[C@H]1c1ccccc1. The third kappa shape index (κ3) is 3.96. The van der Waals surface area contributed by atoms with Gasteiger partial charge < -0.3 is 9.84 Å². The molecule has 132 valence electrons. The molecule has 4 rings (SSSR count). The number of pyridine rings is 1. The van der Waals surface area contributed by atoms with Crippen LogP contribution in [-0.2, 0) is 11.2 Å². The molecule has 1 N–H and O–H groups in total. The fourth-order valence-corrected chi connectivity index (χ4v) is 3.11. The summed E-state index contributed by atoms with van der Waals surface area (Å²) in [6, 6.07) is 14.1. The number of amides is 1. The molecule has 1 fully saturated rings. The molecule has 1 amide bonds. The van der Waals surface area contributed by atoms with Gasteiger partial charge in [-0.15, -0.1) is 0 Å². The molecule has 2 aromatic heterocycles. The van der Waals surface area contributed by atoms with Crippen molar-refractivity contribution in [1.29, 1.82) is 0 Å². The van der Waals surface area contributed by atoms with Crippen molar-refractivity contribution in [3.8, 4) is 11.4 Å². The fourth-order valence-electron chi connectivity index (χ4n) is 3.11. The molecule has 2 heterocycles. The summed E-state index contributed by atoms with van der Waals surface area (Å²) < 4.78 is 5.22. The summed E-state index contributed by atoms with van der Waals surface area (Å²) in [5.41, 5.74) is 2.21. The average molecular weight is 348 g/mol. The van der Waals surface area contributed by atoms with E-state index >= 15 is 0 Å². The van der Waals surface area contributed by atoms with Crippen LogP contribution < -0.4 is 5.32 Å². The van der Waals surface area contributed by atoms with E-state index in [-0.39, 0.29) is 5.91 Å². The maximum Gasteiger partial charge on any atom is 0.227 e. The highest BCUT2D eigenvalue weighted by Crippen LogP contribution is 2.46. The molecule has 26 heavy (non-hydrogen) atoms. The molecule has 1 saturated carbocycles. The molecule has 0 aliphatic heterocycles. The van der Waals surface area contributed by atoms with Crippen LogP contribution in [0.1, 0.15) is 30.2 Å². The minimum absolute atomic E-state index is 0.0207. The quantitative estimate of drug-likeness (QED) is 0.710. The van der Waals surface area contributed by atoms with E-state index in [0.717, 1.165) is 18.5 Å². The zero-order chi connectivity index (χ0) is 17.8. The van der Waals surface area contributed by atoms with Crippen LogP contribution >= 0.6 is 0 Å². The monoisotopic (exact) mass is 348 g/mol. The smallest absolute Gasteiger partial charge is 0.227 e. The van der Waals surface area contributed by atoms with E-state index < -0.39 is 0 Å².